The monoisotopic (exact) mass is 237 g/mol. The molecule has 4 nitrogen and oxygen atoms in total. The van der Waals surface area contributed by atoms with E-state index in [4.69, 9.17) is 9.84 Å². The summed E-state index contributed by atoms with van der Waals surface area (Å²) in [6.07, 6.45) is 0.436. The second-order valence-corrected chi connectivity index (χ2v) is 4.53. The van der Waals surface area contributed by atoms with Gasteiger partial charge in [-0.05, 0) is 12.8 Å². The van der Waals surface area contributed by atoms with Gasteiger partial charge in [-0.2, -0.15) is 0 Å². The lowest BCUT2D eigenvalue weighted by Gasteiger charge is -2.16. The molecule has 1 rings (SSSR count). The summed E-state index contributed by atoms with van der Waals surface area (Å²) in [6, 6.07) is 3.62. The van der Waals surface area contributed by atoms with E-state index in [0.717, 1.165) is 17.1 Å². The molecule has 0 bridgehead atoms. The number of carbonyl (C=O) groups is 1. The Morgan fingerprint density at radius 1 is 1.47 bits per heavy atom. The largest absolute Gasteiger partial charge is 0.497 e. The van der Waals surface area contributed by atoms with Crippen molar-refractivity contribution in [3.63, 3.8) is 0 Å². The minimum Gasteiger partial charge on any atom is -0.497 e. The minimum absolute atomic E-state index is 0.0841. The molecule has 0 radical (unpaired) electrons. The van der Waals surface area contributed by atoms with Crippen LogP contribution in [0.5, 0.6) is 5.75 Å². The number of hydrogen-bond acceptors (Lipinski definition) is 3. The molecule has 1 aromatic rings. The number of rotatable bonds is 5. The predicted octanol–water partition coefficient (Wildman–Crippen LogP) is 2.30. The summed E-state index contributed by atoms with van der Waals surface area (Å²) in [5, 5.41) is 9.14. The molecular weight excluding hydrogens is 218 g/mol. The Hall–Kier alpha value is -1.58. The van der Waals surface area contributed by atoms with E-state index in [1.54, 1.807) is 13.2 Å². The fourth-order valence-corrected chi connectivity index (χ4v) is 1.76. The molecule has 0 spiro atoms. The molecule has 0 aromatic carbocycles. The first-order valence-corrected chi connectivity index (χ1v) is 5.68. The molecule has 0 amide bonds. The van der Waals surface area contributed by atoms with E-state index >= 15 is 0 Å². The SMILES string of the molecule is COc1cc(C)nc(CC(C(=O)O)C(C)C)c1. The van der Waals surface area contributed by atoms with E-state index in [-0.39, 0.29) is 5.92 Å². The van der Waals surface area contributed by atoms with Gasteiger partial charge in [0.25, 0.3) is 0 Å². The van der Waals surface area contributed by atoms with Gasteiger partial charge in [-0.1, -0.05) is 13.8 Å². The highest BCUT2D eigenvalue weighted by Crippen LogP contribution is 2.20. The van der Waals surface area contributed by atoms with Gasteiger partial charge in [-0.25, -0.2) is 0 Å². The summed E-state index contributed by atoms with van der Waals surface area (Å²) in [5.41, 5.74) is 1.61. The van der Waals surface area contributed by atoms with E-state index in [0.29, 0.717) is 6.42 Å². The van der Waals surface area contributed by atoms with Crippen LogP contribution in [0.1, 0.15) is 25.2 Å². The van der Waals surface area contributed by atoms with Crippen molar-refractivity contribution in [2.24, 2.45) is 11.8 Å². The minimum atomic E-state index is -0.776. The van der Waals surface area contributed by atoms with Crippen molar-refractivity contribution >= 4 is 5.97 Å². The maximum Gasteiger partial charge on any atom is 0.307 e. The Morgan fingerprint density at radius 2 is 2.12 bits per heavy atom. The van der Waals surface area contributed by atoms with E-state index in [9.17, 15) is 4.79 Å². The number of carboxylic acids is 1. The number of aliphatic carboxylic acids is 1. The molecular formula is C13H19NO3. The summed E-state index contributed by atoms with van der Waals surface area (Å²) in [6.45, 7) is 5.69. The topological polar surface area (TPSA) is 59.4 Å². The molecule has 0 aliphatic rings. The summed E-state index contributed by atoms with van der Waals surface area (Å²) < 4.78 is 5.15. The van der Waals surface area contributed by atoms with Crippen LogP contribution in [-0.4, -0.2) is 23.2 Å². The zero-order chi connectivity index (χ0) is 13.0. The number of nitrogens with zero attached hydrogens (tertiary/aromatic N) is 1. The van der Waals surface area contributed by atoms with Crippen LogP contribution in [0.25, 0.3) is 0 Å². The van der Waals surface area contributed by atoms with Crippen LogP contribution in [0.3, 0.4) is 0 Å². The van der Waals surface area contributed by atoms with Gasteiger partial charge in [0.05, 0.1) is 13.0 Å². The van der Waals surface area contributed by atoms with Gasteiger partial charge in [-0.15, -0.1) is 0 Å². The second kappa shape index (κ2) is 5.66. The first kappa shape index (κ1) is 13.5. The van der Waals surface area contributed by atoms with E-state index < -0.39 is 11.9 Å². The summed E-state index contributed by atoms with van der Waals surface area (Å²) >= 11 is 0. The van der Waals surface area contributed by atoms with Gasteiger partial charge < -0.3 is 9.84 Å². The highest BCUT2D eigenvalue weighted by atomic mass is 16.5. The lowest BCUT2D eigenvalue weighted by atomic mass is 9.91. The fourth-order valence-electron chi connectivity index (χ4n) is 1.76. The second-order valence-electron chi connectivity index (χ2n) is 4.53. The molecule has 17 heavy (non-hydrogen) atoms. The molecule has 0 aliphatic heterocycles. The lowest BCUT2D eigenvalue weighted by Crippen LogP contribution is -2.22. The van der Waals surface area contributed by atoms with Crippen molar-refractivity contribution in [2.75, 3.05) is 7.11 Å². The van der Waals surface area contributed by atoms with E-state index in [2.05, 4.69) is 4.98 Å². The maximum absolute atomic E-state index is 11.1. The van der Waals surface area contributed by atoms with Crippen LogP contribution in [0.2, 0.25) is 0 Å². The number of ether oxygens (including phenoxy) is 1. The number of methoxy groups -OCH3 is 1. The third kappa shape index (κ3) is 3.73. The van der Waals surface area contributed by atoms with Gasteiger partial charge in [0, 0.05) is 29.9 Å². The van der Waals surface area contributed by atoms with Crippen LogP contribution in [-0.2, 0) is 11.2 Å². The predicted molar refractivity (Wildman–Crippen MR) is 65.2 cm³/mol. The van der Waals surface area contributed by atoms with Crippen LogP contribution in [0.4, 0.5) is 0 Å². The normalized spacial score (nSPS) is 12.5. The smallest absolute Gasteiger partial charge is 0.307 e. The van der Waals surface area contributed by atoms with Gasteiger partial charge in [0.1, 0.15) is 5.75 Å². The Bertz CT molecular complexity index is 402. The molecule has 94 valence electrons. The Kier molecular flexibility index (Phi) is 4.49. The van der Waals surface area contributed by atoms with Crippen molar-refractivity contribution in [3.8, 4) is 5.75 Å². The number of aryl methyl sites for hydroxylation is 1. The van der Waals surface area contributed by atoms with E-state index in [1.165, 1.54) is 0 Å². The van der Waals surface area contributed by atoms with Crippen molar-refractivity contribution in [1.82, 2.24) is 4.98 Å². The molecule has 0 saturated heterocycles. The molecule has 4 heteroatoms. The molecule has 1 atom stereocenters. The highest BCUT2D eigenvalue weighted by molar-refractivity contribution is 5.70. The molecule has 0 saturated carbocycles. The fraction of sp³-hybridized carbons (Fsp3) is 0.538. The van der Waals surface area contributed by atoms with Crippen molar-refractivity contribution in [3.05, 3.63) is 23.5 Å². The Labute approximate surface area is 102 Å². The third-order valence-electron chi connectivity index (χ3n) is 2.77. The quantitative estimate of drug-likeness (QED) is 0.853. The molecule has 0 fully saturated rings. The van der Waals surface area contributed by atoms with Crippen molar-refractivity contribution in [2.45, 2.75) is 27.2 Å². The number of hydrogen-bond donors (Lipinski definition) is 1. The van der Waals surface area contributed by atoms with Crippen LogP contribution in [0.15, 0.2) is 12.1 Å². The molecule has 0 aliphatic carbocycles. The zero-order valence-electron chi connectivity index (χ0n) is 10.7. The summed E-state index contributed by atoms with van der Waals surface area (Å²) in [7, 11) is 1.59. The number of aromatic nitrogens is 1. The van der Waals surface area contributed by atoms with Crippen molar-refractivity contribution < 1.29 is 14.6 Å². The third-order valence-corrected chi connectivity index (χ3v) is 2.77. The Balaban J connectivity index is 2.93. The lowest BCUT2D eigenvalue weighted by molar-refractivity contribution is -0.143. The first-order chi connectivity index (χ1) is 7.93. The molecule has 1 heterocycles. The summed E-state index contributed by atoms with van der Waals surface area (Å²) in [5.74, 6) is -0.377. The van der Waals surface area contributed by atoms with Gasteiger partial charge in [0.15, 0.2) is 0 Å². The number of pyridine rings is 1. The van der Waals surface area contributed by atoms with Crippen molar-refractivity contribution in [1.29, 1.82) is 0 Å². The van der Waals surface area contributed by atoms with E-state index in [1.807, 2.05) is 26.8 Å². The average Bonchev–Trinajstić information content (AvgIpc) is 2.24. The van der Waals surface area contributed by atoms with Gasteiger partial charge >= 0.3 is 5.97 Å². The van der Waals surface area contributed by atoms with Crippen LogP contribution < -0.4 is 4.74 Å². The molecule has 1 unspecified atom stereocenters. The first-order valence-electron chi connectivity index (χ1n) is 5.68. The van der Waals surface area contributed by atoms with Crippen LogP contribution >= 0.6 is 0 Å². The number of carboxylic acid groups (broad SMARTS) is 1. The molecule has 1 N–H and O–H groups in total. The van der Waals surface area contributed by atoms with Gasteiger partial charge in [-0.3, -0.25) is 9.78 Å². The molecule has 1 aromatic heterocycles. The Morgan fingerprint density at radius 3 is 2.59 bits per heavy atom. The van der Waals surface area contributed by atoms with Gasteiger partial charge in [0.2, 0.25) is 0 Å². The zero-order valence-corrected chi connectivity index (χ0v) is 10.7. The average molecular weight is 237 g/mol. The van der Waals surface area contributed by atoms with Crippen LogP contribution in [0, 0.1) is 18.8 Å². The summed E-state index contributed by atoms with van der Waals surface area (Å²) in [4.78, 5) is 15.5. The maximum atomic E-state index is 11.1. The highest BCUT2D eigenvalue weighted by Gasteiger charge is 2.22. The standard InChI is InChI=1S/C13H19NO3/c1-8(2)12(13(15)16)7-10-6-11(17-4)5-9(3)14-10/h5-6,8,12H,7H2,1-4H3,(H,15,16).